The molecule has 0 unspecified atom stereocenters. The van der Waals surface area contributed by atoms with E-state index < -0.39 is 0 Å². The molecule has 2 aromatic heterocycles. The van der Waals surface area contributed by atoms with Crippen LogP contribution in [0.4, 0.5) is 0 Å². The first-order valence-corrected chi connectivity index (χ1v) is 9.06. The van der Waals surface area contributed by atoms with E-state index in [4.69, 9.17) is 0 Å². The normalized spacial score (nSPS) is 14.5. The maximum atomic E-state index is 4.50. The van der Waals surface area contributed by atoms with Gasteiger partial charge in [0.25, 0.3) is 0 Å². The van der Waals surface area contributed by atoms with Crippen molar-refractivity contribution in [3.05, 3.63) is 71.3 Å². The Kier molecular flexibility index (Phi) is 4.57. The topological polar surface area (TPSA) is 57.7 Å². The Hall–Kier alpha value is -2.18. The van der Waals surface area contributed by atoms with Crippen LogP contribution in [0.3, 0.4) is 0 Å². The first kappa shape index (κ1) is 15.4. The molecular weight excluding hydrogens is 318 g/mol. The van der Waals surface area contributed by atoms with Gasteiger partial charge < -0.3 is 0 Å². The number of aromatic nitrogens is 4. The number of rotatable bonds is 5. The number of nitrogens with one attached hydrogen (secondary N) is 1. The Morgan fingerprint density at radius 3 is 2.71 bits per heavy atom. The van der Waals surface area contributed by atoms with E-state index in [-0.39, 0.29) is 0 Å². The number of nitrogens with zero attached hydrogens (tertiary/aromatic N) is 4. The lowest BCUT2D eigenvalue weighted by Gasteiger charge is -2.26. The molecule has 0 radical (unpaired) electrons. The minimum atomic E-state index is 0.832. The van der Waals surface area contributed by atoms with E-state index in [2.05, 4.69) is 49.3 Å². The van der Waals surface area contributed by atoms with Crippen molar-refractivity contribution in [1.82, 2.24) is 25.1 Å². The third-order valence-electron chi connectivity index (χ3n) is 4.18. The average molecular weight is 337 g/mol. The summed E-state index contributed by atoms with van der Waals surface area (Å²) in [5.74, 6) is 0.898. The number of aromatic amines is 1. The first-order chi connectivity index (χ1) is 11.9. The maximum Gasteiger partial charge on any atom is 0.187 e. The van der Waals surface area contributed by atoms with Gasteiger partial charge in [0.1, 0.15) is 0 Å². The van der Waals surface area contributed by atoms with E-state index in [1.165, 1.54) is 16.8 Å². The Balaban J connectivity index is 1.33. The standard InChI is InChI=1S/C18H19N5S/c1-2-4-14(5-3-1)13-24-18-19-8-15(9-20-18)11-23-7-6-17-16(12-23)10-21-22-17/h1-5,8-10H,6-7,11-13H2,(H,21,22). The minimum absolute atomic E-state index is 0.832. The van der Waals surface area contributed by atoms with Crippen LogP contribution in [0, 0.1) is 0 Å². The molecule has 0 fully saturated rings. The smallest absolute Gasteiger partial charge is 0.187 e. The van der Waals surface area contributed by atoms with Gasteiger partial charge in [-0.25, -0.2) is 9.97 Å². The molecule has 4 rings (SSSR count). The fourth-order valence-electron chi connectivity index (χ4n) is 2.89. The molecule has 0 saturated heterocycles. The van der Waals surface area contributed by atoms with Crippen LogP contribution < -0.4 is 0 Å². The van der Waals surface area contributed by atoms with E-state index in [1.54, 1.807) is 11.8 Å². The first-order valence-electron chi connectivity index (χ1n) is 8.08. The second-order valence-electron chi connectivity index (χ2n) is 5.98. The molecule has 3 heterocycles. The van der Waals surface area contributed by atoms with Crippen LogP contribution in [0.5, 0.6) is 0 Å². The highest BCUT2D eigenvalue weighted by Gasteiger charge is 2.17. The summed E-state index contributed by atoms with van der Waals surface area (Å²) < 4.78 is 0. The molecule has 122 valence electrons. The van der Waals surface area contributed by atoms with Crippen molar-refractivity contribution in [2.75, 3.05) is 6.54 Å². The summed E-state index contributed by atoms with van der Waals surface area (Å²) in [6, 6.07) is 10.4. The highest BCUT2D eigenvalue weighted by molar-refractivity contribution is 7.98. The van der Waals surface area contributed by atoms with Gasteiger partial charge in [0.05, 0.1) is 6.20 Å². The van der Waals surface area contributed by atoms with Crippen LogP contribution in [0.2, 0.25) is 0 Å². The summed E-state index contributed by atoms with van der Waals surface area (Å²) in [6.45, 7) is 2.87. The van der Waals surface area contributed by atoms with E-state index in [9.17, 15) is 0 Å². The second kappa shape index (κ2) is 7.15. The van der Waals surface area contributed by atoms with Crippen LogP contribution in [0.1, 0.15) is 22.4 Å². The highest BCUT2D eigenvalue weighted by atomic mass is 32.2. The van der Waals surface area contributed by atoms with Crippen LogP contribution in [-0.4, -0.2) is 31.6 Å². The Morgan fingerprint density at radius 2 is 1.88 bits per heavy atom. The number of hydrogen-bond donors (Lipinski definition) is 1. The quantitative estimate of drug-likeness (QED) is 0.573. The lowest BCUT2D eigenvalue weighted by Crippen LogP contribution is -2.29. The second-order valence-corrected chi connectivity index (χ2v) is 6.93. The van der Waals surface area contributed by atoms with Crippen LogP contribution in [-0.2, 0) is 25.3 Å². The van der Waals surface area contributed by atoms with Gasteiger partial charge in [-0.2, -0.15) is 5.10 Å². The summed E-state index contributed by atoms with van der Waals surface area (Å²) in [5, 5.41) is 8.03. The van der Waals surface area contributed by atoms with Gasteiger partial charge in [-0.1, -0.05) is 42.1 Å². The number of thioether (sulfide) groups is 1. The monoisotopic (exact) mass is 337 g/mol. The van der Waals surface area contributed by atoms with Crippen molar-refractivity contribution in [1.29, 1.82) is 0 Å². The molecule has 3 aromatic rings. The van der Waals surface area contributed by atoms with Crippen LogP contribution in [0.25, 0.3) is 0 Å². The molecule has 0 spiro atoms. The molecule has 0 aliphatic carbocycles. The maximum absolute atomic E-state index is 4.50. The third kappa shape index (κ3) is 3.66. The summed E-state index contributed by atoms with van der Waals surface area (Å²) in [4.78, 5) is 11.4. The van der Waals surface area contributed by atoms with Gasteiger partial charge in [-0.3, -0.25) is 10.00 Å². The highest BCUT2D eigenvalue weighted by Crippen LogP contribution is 2.20. The molecule has 24 heavy (non-hydrogen) atoms. The predicted molar refractivity (Wildman–Crippen MR) is 94.4 cm³/mol. The molecule has 0 amide bonds. The van der Waals surface area contributed by atoms with Crippen molar-refractivity contribution < 1.29 is 0 Å². The Labute approximate surface area is 145 Å². The minimum Gasteiger partial charge on any atom is -0.294 e. The molecule has 1 aliphatic rings. The fraction of sp³-hybridized carbons (Fsp3) is 0.278. The molecule has 1 aliphatic heterocycles. The van der Waals surface area contributed by atoms with Gasteiger partial charge in [0.2, 0.25) is 0 Å². The van der Waals surface area contributed by atoms with Gasteiger partial charge >= 0.3 is 0 Å². The zero-order chi connectivity index (χ0) is 16.2. The number of benzene rings is 1. The van der Waals surface area contributed by atoms with E-state index in [1.807, 2.05) is 24.7 Å². The van der Waals surface area contributed by atoms with E-state index >= 15 is 0 Å². The number of fused-ring (bicyclic) bond motifs is 1. The summed E-state index contributed by atoms with van der Waals surface area (Å²) in [6.07, 6.45) is 6.86. The fourth-order valence-corrected chi connectivity index (χ4v) is 3.64. The number of H-pyrrole nitrogens is 1. The molecule has 1 aromatic carbocycles. The molecule has 0 atom stereocenters. The van der Waals surface area contributed by atoms with Crippen molar-refractivity contribution in [2.45, 2.75) is 30.4 Å². The zero-order valence-electron chi connectivity index (χ0n) is 13.4. The van der Waals surface area contributed by atoms with Gasteiger partial charge in [0.15, 0.2) is 5.16 Å². The van der Waals surface area contributed by atoms with Crippen LogP contribution >= 0.6 is 11.8 Å². The van der Waals surface area contributed by atoms with Crippen molar-refractivity contribution in [2.24, 2.45) is 0 Å². The van der Waals surface area contributed by atoms with Crippen molar-refractivity contribution in [3.8, 4) is 0 Å². The van der Waals surface area contributed by atoms with E-state index in [0.29, 0.717) is 0 Å². The number of hydrogen-bond acceptors (Lipinski definition) is 5. The Bertz CT molecular complexity index is 785. The zero-order valence-corrected chi connectivity index (χ0v) is 14.2. The molecular formula is C18H19N5S. The lowest BCUT2D eigenvalue weighted by molar-refractivity contribution is 0.244. The Morgan fingerprint density at radius 1 is 1.04 bits per heavy atom. The average Bonchev–Trinajstić information content (AvgIpc) is 3.10. The molecule has 1 N–H and O–H groups in total. The molecule has 5 nitrogen and oxygen atoms in total. The summed E-state index contributed by atoms with van der Waals surface area (Å²) in [5.41, 5.74) is 5.03. The molecule has 0 bridgehead atoms. The summed E-state index contributed by atoms with van der Waals surface area (Å²) >= 11 is 1.67. The largest absolute Gasteiger partial charge is 0.294 e. The molecule has 6 heteroatoms. The SMILES string of the molecule is c1ccc(CSc2ncc(CN3CCc4[nH]ncc4C3)cn2)cc1. The van der Waals surface area contributed by atoms with Crippen molar-refractivity contribution in [3.63, 3.8) is 0 Å². The van der Waals surface area contributed by atoms with E-state index in [0.717, 1.165) is 42.5 Å². The van der Waals surface area contributed by atoms with Crippen LogP contribution in [0.15, 0.2) is 54.1 Å². The van der Waals surface area contributed by atoms with Gasteiger partial charge in [0, 0.05) is 61.0 Å². The third-order valence-corrected chi connectivity index (χ3v) is 5.12. The van der Waals surface area contributed by atoms with Gasteiger partial charge in [-0.15, -0.1) is 0 Å². The summed E-state index contributed by atoms with van der Waals surface area (Å²) in [7, 11) is 0. The van der Waals surface area contributed by atoms with Gasteiger partial charge in [-0.05, 0) is 5.56 Å². The molecule has 0 saturated carbocycles. The predicted octanol–water partition coefficient (Wildman–Crippen LogP) is 3.05. The van der Waals surface area contributed by atoms with Crippen molar-refractivity contribution >= 4 is 11.8 Å². The lowest BCUT2D eigenvalue weighted by atomic mass is 10.1.